The van der Waals surface area contributed by atoms with Gasteiger partial charge in [-0.1, -0.05) is 49.6 Å². The molecule has 18 heavy (non-hydrogen) atoms. The maximum atomic E-state index is 12.0. The van der Waals surface area contributed by atoms with Crippen molar-refractivity contribution in [2.24, 2.45) is 0 Å². The van der Waals surface area contributed by atoms with Gasteiger partial charge in [0.05, 0.1) is 6.54 Å². The van der Waals surface area contributed by atoms with Crippen molar-refractivity contribution < 1.29 is 9.53 Å². The molecular formula is C15H19NO2. The van der Waals surface area contributed by atoms with Gasteiger partial charge in [-0.3, -0.25) is 0 Å². The molecule has 0 bridgehead atoms. The van der Waals surface area contributed by atoms with E-state index in [1.807, 2.05) is 35.2 Å². The molecule has 1 atom stereocenters. The van der Waals surface area contributed by atoms with E-state index < -0.39 is 0 Å². The molecule has 0 N–H and O–H groups in total. The minimum absolute atomic E-state index is 0.0828. The highest BCUT2D eigenvalue weighted by Gasteiger charge is 2.36. The fourth-order valence-electron chi connectivity index (χ4n) is 3.01. The molecule has 3 rings (SSSR count). The number of cyclic esters (lactones) is 1. The highest BCUT2D eigenvalue weighted by Crippen LogP contribution is 2.31. The van der Waals surface area contributed by atoms with Crippen LogP contribution in [0.1, 0.15) is 43.8 Å². The van der Waals surface area contributed by atoms with Crippen molar-refractivity contribution in [2.45, 2.75) is 44.2 Å². The summed E-state index contributed by atoms with van der Waals surface area (Å²) in [5.74, 6) is 0. The largest absolute Gasteiger partial charge is 0.439 e. The third-order valence-corrected chi connectivity index (χ3v) is 4.03. The number of ether oxygens (including phenoxy) is 1. The molecule has 3 nitrogen and oxygen atoms in total. The second-order valence-corrected chi connectivity index (χ2v) is 5.23. The number of carbonyl (C=O) groups is 1. The van der Waals surface area contributed by atoms with Crippen molar-refractivity contribution in [3.63, 3.8) is 0 Å². The lowest BCUT2D eigenvalue weighted by molar-refractivity contribution is 0.124. The molecule has 1 unspecified atom stereocenters. The van der Waals surface area contributed by atoms with E-state index in [-0.39, 0.29) is 12.2 Å². The van der Waals surface area contributed by atoms with Gasteiger partial charge in [0.25, 0.3) is 0 Å². The van der Waals surface area contributed by atoms with E-state index in [2.05, 4.69) is 0 Å². The molecule has 0 spiro atoms. The maximum Gasteiger partial charge on any atom is 0.410 e. The predicted molar refractivity (Wildman–Crippen MR) is 69.2 cm³/mol. The second kappa shape index (κ2) is 5.01. The van der Waals surface area contributed by atoms with Crippen molar-refractivity contribution >= 4 is 6.09 Å². The van der Waals surface area contributed by atoms with Crippen LogP contribution in [0.15, 0.2) is 30.3 Å². The Morgan fingerprint density at radius 3 is 2.50 bits per heavy atom. The quantitative estimate of drug-likeness (QED) is 0.798. The van der Waals surface area contributed by atoms with E-state index >= 15 is 0 Å². The van der Waals surface area contributed by atoms with Gasteiger partial charge >= 0.3 is 6.09 Å². The Balaban J connectivity index is 1.70. The van der Waals surface area contributed by atoms with E-state index in [1.165, 1.54) is 19.3 Å². The zero-order valence-electron chi connectivity index (χ0n) is 10.5. The summed E-state index contributed by atoms with van der Waals surface area (Å²) in [4.78, 5) is 13.9. The molecule has 1 amide bonds. The second-order valence-electron chi connectivity index (χ2n) is 5.23. The third-order valence-electron chi connectivity index (χ3n) is 4.03. The summed E-state index contributed by atoms with van der Waals surface area (Å²) in [6.07, 6.45) is 5.85. The molecule has 0 radical (unpaired) electrons. The third kappa shape index (κ3) is 2.22. The average Bonchev–Trinajstić information content (AvgIpc) is 2.83. The lowest BCUT2D eigenvalue weighted by atomic mass is 9.94. The van der Waals surface area contributed by atoms with Gasteiger partial charge in [0.2, 0.25) is 0 Å². The molecule has 1 saturated heterocycles. The van der Waals surface area contributed by atoms with Gasteiger partial charge in [0.15, 0.2) is 0 Å². The minimum Gasteiger partial charge on any atom is -0.439 e. The monoisotopic (exact) mass is 245 g/mol. The van der Waals surface area contributed by atoms with Crippen molar-refractivity contribution in [3.8, 4) is 0 Å². The smallest absolute Gasteiger partial charge is 0.410 e. The Bertz CT molecular complexity index is 412. The number of benzene rings is 1. The Morgan fingerprint density at radius 2 is 1.78 bits per heavy atom. The highest BCUT2D eigenvalue weighted by atomic mass is 16.6. The molecule has 1 aromatic carbocycles. The predicted octanol–water partition coefficient (Wildman–Crippen LogP) is 3.51. The first-order valence-corrected chi connectivity index (χ1v) is 6.87. The standard InChI is InChI=1S/C15H19NO2/c17-15-16(13-9-5-2-6-10-13)11-14(18-15)12-7-3-1-4-8-12/h1,3-4,7-8,13-14H,2,5-6,9-11H2. The van der Waals surface area contributed by atoms with Crippen LogP contribution in [0.2, 0.25) is 0 Å². The zero-order chi connectivity index (χ0) is 12.4. The van der Waals surface area contributed by atoms with Crippen LogP contribution in [-0.2, 0) is 4.74 Å². The Labute approximate surface area is 108 Å². The number of hydrogen-bond acceptors (Lipinski definition) is 2. The summed E-state index contributed by atoms with van der Waals surface area (Å²) in [5, 5.41) is 0. The normalized spacial score (nSPS) is 25.2. The van der Waals surface area contributed by atoms with Crippen molar-refractivity contribution in [1.29, 1.82) is 0 Å². The summed E-state index contributed by atoms with van der Waals surface area (Å²) in [6.45, 7) is 0.716. The molecule has 1 aromatic rings. The summed E-state index contributed by atoms with van der Waals surface area (Å²) < 4.78 is 5.50. The Morgan fingerprint density at radius 1 is 1.06 bits per heavy atom. The SMILES string of the molecule is O=C1OC(c2ccccc2)CN1C1CCCCC1. The number of amides is 1. The zero-order valence-corrected chi connectivity index (χ0v) is 10.5. The fourth-order valence-corrected chi connectivity index (χ4v) is 3.01. The van der Waals surface area contributed by atoms with Crippen molar-refractivity contribution in [2.75, 3.05) is 6.54 Å². The van der Waals surface area contributed by atoms with Crippen LogP contribution in [0, 0.1) is 0 Å². The van der Waals surface area contributed by atoms with E-state index in [0.717, 1.165) is 18.4 Å². The number of nitrogens with zero attached hydrogens (tertiary/aromatic N) is 1. The molecular weight excluding hydrogens is 226 g/mol. The molecule has 0 aromatic heterocycles. The Hall–Kier alpha value is -1.51. The van der Waals surface area contributed by atoms with Crippen LogP contribution in [0.5, 0.6) is 0 Å². The number of hydrogen-bond donors (Lipinski definition) is 0. The van der Waals surface area contributed by atoms with Crippen LogP contribution in [0.25, 0.3) is 0 Å². The topological polar surface area (TPSA) is 29.5 Å². The van der Waals surface area contributed by atoms with E-state index in [4.69, 9.17) is 4.74 Å². The average molecular weight is 245 g/mol. The number of carbonyl (C=O) groups excluding carboxylic acids is 1. The number of rotatable bonds is 2. The summed E-state index contributed by atoms with van der Waals surface area (Å²) >= 11 is 0. The molecule has 2 fully saturated rings. The first-order chi connectivity index (χ1) is 8.84. The van der Waals surface area contributed by atoms with Gasteiger partial charge < -0.3 is 9.64 Å². The summed E-state index contributed by atoms with van der Waals surface area (Å²) in [6, 6.07) is 10.4. The highest BCUT2D eigenvalue weighted by molar-refractivity contribution is 5.70. The minimum atomic E-state index is -0.129. The lowest BCUT2D eigenvalue weighted by Gasteiger charge is -2.28. The molecule has 96 valence electrons. The molecule has 3 heteroatoms. The Kier molecular flexibility index (Phi) is 3.22. The lowest BCUT2D eigenvalue weighted by Crippen LogP contribution is -2.37. The molecule has 1 aliphatic heterocycles. The van der Waals surface area contributed by atoms with Gasteiger partial charge in [-0.05, 0) is 18.4 Å². The van der Waals surface area contributed by atoms with Crippen LogP contribution in [-0.4, -0.2) is 23.6 Å². The molecule has 2 aliphatic rings. The fraction of sp³-hybridized carbons (Fsp3) is 0.533. The van der Waals surface area contributed by atoms with Crippen LogP contribution < -0.4 is 0 Å². The van der Waals surface area contributed by atoms with Crippen LogP contribution in [0.4, 0.5) is 4.79 Å². The van der Waals surface area contributed by atoms with Gasteiger partial charge in [0, 0.05) is 6.04 Å². The van der Waals surface area contributed by atoms with Crippen molar-refractivity contribution in [3.05, 3.63) is 35.9 Å². The van der Waals surface area contributed by atoms with Gasteiger partial charge in [0.1, 0.15) is 6.10 Å². The van der Waals surface area contributed by atoms with Crippen molar-refractivity contribution in [1.82, 2.24) is 4.90 Å². The summed E-state index contributed by atoms with van der Waals surface area (Å²) in [7, 11) is 0. The molecule has 1 heterocycles. The molecule has 1 saturated carbocycles. The van der Waals surface area contributed by atoms with E-state index in [1.54, 1.807) is 0 Å². The van der Waals surface area contributed by atoms with Gasteiger partial charge in [-0.25, -0.2) is 4.79 Å². The first kappa shape index (κ1) is 11.6. The van der Waals surface area contributed by atoms with E-state index in [9.17, 15) is 4.79 Å². The van der Waals surface area contributed by atoms with E-state index in [0.29, 0.717) is 12.6 Å². The van der Waals surface area contributed by atoms with Crippen LogP contribution in [0.3, 0.4) is 0 Å². The van der Waals surface area contributed by atoms with Gasteiger partial charge in [-0.15, -0.1) is 0 Å². The first-order valence-electron chi connectivity index (χ1n) is 6.87. The maximum absolute atomic E-state index is 12.0. The van der Waals surface area contributed by atoms with Crippen LogP contribution >= 0.6 is 0 Å². The summed E-state index contributed by atoms with van der Waals surface area (Å²) in [5.41, 5.74) is 1.10. The molecule has 1 aliphatic carbocycles. The van der Waals surface area contributed by atoms with Gasteiger partial charge in [-0.2, -0.15) is 0 Å².